The molecule has 1 amide bonds. The molecule has 2 aromatic rings. The highest BCUT2D eigenvalue weighted by molar-refractivity contribution is 8.00. The monoisotopic (exact) mass is 601 g/mol. The molecule has 2 unspecified atom stereocenters. The standard InChI is InChI=1S/C29H35F4NO6S/c1-27(2,3)40-26(37)34(6)22(17-28(4,5)30)24(35)39-23(25(36)38-18-20-10-8-7-9-11-20)16-19-12-14-21(15-13-19)41-29(31,32)33/h7-15,22-23H,16-18H2,1-6H3. The minimum atomic E-state index is -4.47. The first kappa shape index (κ1) is 33.9. The molecule has 0 aromatic heterocycles. The largest absolute Gasteiger partial charge is 0.458 e. The van der Waals surface area contributed by atoms with Gasteiger partial charge in [0.15, 0.2) is 0 Å². The number of carbonyl (C=O) groups is 3. The van der Waals surface area contributed by atoms with Crippen LogP contribution in [0.5, 0.6) is 0 Å². The molecule has 0 aliphatic carbocycles. The number of hydrogen-bond acceptors (Lipinski definition) is 7. The Hall–Kier alpha value is -3.28. The summed E-state index contributed by atoms with van der Waals surface area (Å²) in [6.07, 6.45) is -3.14. The Morgan fingerprint density at radius 2 is 1.44 bits per heavy atom. The molecule has 0 fully saturated rings. The van der Waals surface area contributed by atoms with E-state index >= 15 is 0 Å². The highest BCUT2D eigenvalue weighted by atomic mass is 32.2. The van der Waals surface area contributed by atoms with Crippen LogP contribution in [0.2, 0.25) is 0 Å². The van der Waals surface area contributed by atoms with Crippen LogP contribution in [0.1, 0.15) is 52.2 Å². The molecule has 0 N–H and O–H groups in total. The first-order chi connectivity index (χ1) is 18.8. The van der Waals surface area contributed by atoms with Gasteiger partial charge in [-0.1, -0.05) is 42.5 Å². The van der Waals surface area contributed by atoms with Crippen LogP contribution < -0.4 is 0 Å². The zero-order valence-corrected chi connectivity index (χ0v) is 24.6. The number of esters is 2. The molecule has 2 aromatic carbocycles. The van der Waals surface area contributed by atoms with Gasteiger partial charge < -0.3 is 14.2 Å². The van der Waals surface area contributed by atoms with Gasteiger partial charge in [-0.05, 0) is 69.6 Å². The summed E-state index contributed by atoms with van der Waals surface area (Å²) in [5.74, 6) is -2.00. The number of alkyl halides is 4. The number of amides is 1. The summed E-state index contributed by atoms with van der Waals surface area (Å²) in [4.78, 5) is 40.0. The van der Waals surface area contributed by atoms with E-state index < -0.39 is 53.4 Å². The van der Waals surface area contributed by atoms with Crippen LogP contribution in [0.3, 0.4) is 0 Å². The van der Waals surface area contributed by atoms with Crippen LogP contribution in [-0.2, 0) is 36.8 Å². The summed E-state index contributed by atoms with van der Waals surface area (Å²) in [5, 5.41) is 0. The molecule has 2 atom stereocenters. The van der Waals surface area contributed by atoms with Gasteiger partial charge in [0, 0.05) is 24.8 Å². The Bertz CT molecular complexity index is 1160. The Kier molecular flexibility index (Phi) is 11.6. The zero-order chi connectivity index (χ0) is 31.0. The molecule has 41 heavy (non-hydrogen) atoms. The van der Waals surface area contributed by atoms with Crippen LogP contribution in [0.25, 0.3) is 0 Å². The van der Waals surface area contributed by atoms with Crippen molar-refractivity contribution in [1.29, 1.82) is 0 Å². The first-order valence-corrected chi connectivity index (χ1v) is 13.5. The molecule has 226 valence electrons. The van der Waals surface area contributed by atoms with E-state index in [-0.39, 0.29) is 29.7 Å². The summed E-state index contributed by atoms with van der Waals surface area (Å²) >= 11 is -0.292. The fourth-order valence-electron chi connectivity index (χ4n) is 3.55. The molecule has 0 bridgehead atoms. The van der Waals surface area contributed by atoms with Crippen molar-refractivity contribution in [1.82, 2.24) is 4.90 Å². The molecule has 12 heteroatoms. The Balaban J connectivity index is 2.30. The van der Waals surface area contributed by atoms with Crippen molar-refractivity contribution in [3.8, 4) is 0 Å². The lowest BCUT2D eigenvalue weighted by Gasteiger charge is -2.32. The summed E-state index contributed by atoms with van der Waals surface area (Å²) in [6.45, 7) is 7.20. The van der Waals surface area contributed by atoms with Gasteiger partial charge in [-0.3, -0.25) is 4.90 Å². The van der Waals surface area contributed by atoms with Crippen LogP contribution in [0.4, 0.5) is 22.4 Å². The van der Waals surface area contributed by atoms with Crippen LogP contribution in [0, 0.1) is 0 Å². The van der Waals surface area contributed by atoms with Gasteiger partial charge in [-0.15, -0.1) is 0 Å². The second-order valence-corrected chi connectivity index (χ2v) is 12.1. The molecule has 0 saturated heterocycles. The second kappa shape index (κ2) is 14.1. The molecule has 0 spiro atoms. The predicted molar refractivity (Wildman–Crippen MR) is 146 cm³/mol. The van der Waals surface area contributed by atoms with E-state index in [1.165, 1.54) is 45.2 Å². The van der Waals surface area contributed by atoms with E-state index in [0.29, 0.717) is 11.1 Å². The van der Waals surface area contributed by atoms with E-state index in [9.17, 15) is 31.9 Å². The van der Waals surface area contributed by atoms with E-state index in [1.807, 2.05) is 0 Å². The topological polar surface area (TPSA) is 82.1 Å². The maximum absolute atomic E-state index is 14.7. The molecule has 0 aliphatic rings. The highest BCUT2D eigenvalue weighted by Gasteiger charge is 2.38. The van der Waals surface area contributed by atoms with E-state index in [0.717, 1.165) is 4.90 Å². The number of benzene rings is 2. The molecule has 7 nitrogen and oxygen atoms in total. The number of halogens is 4. The summed E-state index contributed by atoms with van der Waals surface area (Å²) in [5.41, 5.74) is -6.23. The lowest BCUT2D eigenvalue weighted by Crippen LogP contribution is -2.49. The van der Waals surface area contributed by atoms with Gasteiger partial charge in [-0.25, -0.2) is 18.8 Å². The third-order valence-corrected chi connectivity index (χ3v) is 6.16. The first-order valence-electron chi connectivity index (χ1n) is 12.7. The lowest BCUT2D eigenvalue weighted by atomic mass is 10.00. The van der Waals surface area contributed by atoms with Gasteiger partial charge >= 0.3 is 23.5 Å². The quantitative estimate of drug-likeness (QED) is 0.120. The van der Waals surface area contributed by atoms with Gasteiger partial charge in [0.25, 0.3) is 0 Å². The number of likely N-dealkylation sites (N-methyl/N-ethyl adjacent to an activating group) is 1. The fourth-order valence-corrected chi connectivity index (χ4v) is 4.09. The normalized spacial score (nSPS) is 13.6. The zero-order valence-electron chi connectivity index (χ0n) is 23.8. The lowest BCUT2D eigenvalue weighted by molar-refractivity contribution is -0.172. The molecule has 0 radical (unpaired) electrons. The molecule has 0 aliphatic heterocycles. The van der Waals surface area contributed by atoms with E-state index in [2.05, 4.69) is 0 Å². The van der Waals surface area contributed by atoms with E-state index in [1.54, 1.807) is 51.1 Å². The smallest absolute Gasteiger partial charge is 0.446 e. The number of hydrogen-bond donors (Lipinski definition) is 0. The van der Waals surface area contributed by atoms with Crippen molar-refractivity contribution in [2.75, 3.05) is 7.05 Å². The average Bonchev–Trinajstić information content (AvgIpc) is 2.84. The van der Waals surface area contributed by atoms with Crippen molar-refractivity contribution in [3.63, 3.8) is 0 Å². The average molecular weight is 602 g/mol. The molecule has 0 saturated carbocycles. The summed E-state index contributed by atoms with van der Waals surface area (Å²) in [7, 11) is 1.26. The Labute approximate surface area is 241 Å². The SMILES string of the molecule is CN(C(=O)OC(C)(C)C)C(CC(C)(C)F)C(=O)OC(Cc1ccc(SC(F)(F)F)cc1)C(=O)OCc1ccccc1. The predicted octanol–water partition coefficient (Wildman–Crippen LogP) is 6.87. The molecule has 2 rings (SSSR count). The van der Waals surface area contributed by atoms with Crippen molar-refractivity contribution in [2.24, 2.45) is 0 Å². The van der Waals surface area contributed by atoms with Gasteiger partial charge in [0.1, 0.15) is 23.9 Å². The van der Waals surface area contributed by atoms with E-state index in [4.69, 9.17) is 14.2 Å². The van der Waals surface area contributed by atoms with Gasteiger partial charge in [0.05, 0.1) is 0 Å². The minimum absolute atomic E-state index is 0.0642. The van der Waals surface area contributed by atoms with Crippen LogP contribution in [0.15, 0.2) is 59.5 Å². The number of carbonyl (C=O) groups excluding carboxylic acids is 3. The number of thioether (sulfide) groups is 1. The number of ether oxygens (including phenoxy) is 3. The van der Waals surface area contributed by atoms with Crippen molar-refractivity contribution < 1.29 is 46.2 Å². The van der Waals surface area contributed by atoms with Crippen molar-refractivity contribution >= 4 is 29.8 Å². The minimum Gasteiger partial charge on any atom is -0.458 e. The fraction of sp³-hybridized carbons (Fsp3) is 0.483. The third kappa shape index (κ3) is 12.8. The summed E-state index contributed by atoms with van der Waals surface area (Å²) < 4.78 is 69.0. The number of nitrogens with zero attached hydrogens (tertiary/aromatic N) is 1. The summed E-state index contributed by atoms with van der Waals surface area (Å²) in [6, 6.07) is 12.5. The molecular weight excluding hydrogens is 566 g/mol. The number of rotatable bonds is 11. The maximum Gasteiger partial charge on any atom is 0.446 e. The van der Waals surface area contributed by atoms with Crippen LogP contribution >= 0.6 is 11.8 Å². The molecule has 0 heterocycles. The Morgan fingerprint density at radius 1 is 0.854 bits per heavy atom. The van der Waals surface area contributed by atoms with Gasteiger partial charge in [-0.2, -0.15) is 13.2 Å². The maximum atomic E-state index is 14.7. The highest BCUT2D eigenvalue weighted by Crippen LogP contribution is 2.36. The van der Waals surface area contributed by atoms with Crippen molar-refractivity contribution in [2.45, 2.75) is 87.9 Å². The van der Waals surface area contributed by atoms with Crippen LogP contribution in [-0.4, -0.2) is 58.9 Å². The molecular formula is C29H35F4NO6S. The third-order valence-electron chi connectivity index (χ3n) is 5.42. The van der Waals surface area contributed by atoms with Gasteiger partial charge in [0.2, 0.25) is 6.10 Å². The van der Waals surface area contributed by atoms with Crippen molar-refractivity contribution in [3.05, 3.63) is 65.7 Å². The Morgan fingerprint density at radius 3 is 1.95 bits per heavy atom. The second-order valence-electron chi connectivity index (χ2n) is 10.9.